The molecule has 0 aromatic heterocycles. The first-order chi connectivity index (χ1) is 7.72. The Morgan fingerprint density at radius 1 is 1.31 bits per heavy atom. The van der Waals surface area contributed by atoms with Gasteiger partial charge in [0.15, 0.2) is 0 Å². The van der Waals surface area contributed by atoms with Gasteiger partial charge in [-0.15, -0.1) is 0 Å². The first-order valence-electron chi connectivity index (χ1n) is 5.42. The number of nitrogens with zero attached hydrogens (tertiary/aromatic N) is 2. The summed E-state index contributed by atoms with van der Waals surface area (Å²) in [7, 11) is 4.00. The Balaban J connectivity index is 2.44. The number of rotatable bonds is 2. The molecule has 0 amide bonds. The lowest BCUT2D eigenvalue weighted by Crippen LogP contribution is -2.09. The van der Waals surface area contributed by atoms with Gasteiger partial charge in [0, 0.05) is 25.9 Å². The van der Waals surface area contributed by atoms with E-state index < -0.39 is 0 Å². The average Bonchev–Trinajstić information content (AvgIpc) is 2.57. The number of ether oxygens (including phenoxy) is 1. The van der Waals surface area contributed by atoms with Crippen molar-refractivity contribution < 1.29 is 4.74 Å². The van der Waals surface area contributed by atoms with Gasteiger partial charge in [-0.25, -0.2) is 4.99 Å². The fourth-order valence-corrected chi connectivity index (χ4v) is 1.71. The van der Waals surface area contributed by atoms with E-state index in [-0.39, 0.29) is 0 Å². The first kappa shape index (κ1) is 10.7. The van der Waals surface area contributed by atoms with Crippen LogP contribution in [0.1, 0.15) is 12.5 Å². The number of benzene rings is 1. The summed E-state index contributed by atoms with van der Waals surface area (Å²) in [6.45, 7) is 2.61. The zero-order valence-corrected chi connectivity index (χ0v) is 9.90. The van der Waals surface area contributed by atoms with Crippen LogP contribution in [-0.2, 0) is 4.74 Å². The molecule has 0 saturated carbocycles. The summed E-state index contributed by atoms with van der Waals surface area (Å²) in [6, 6.07) is 8.09. The quantitative estimate of drug-likeness (QED) is 0.759. The Morgan fingerprint density at radius 2 is 2.06 bits per heavy atom. The van der Waals surface area contributed by atoms with Crippen molar-refractivity contribution >= 4 is 17.2 Å². The van der Waals surface area contributed by atoms with Crippen LogP contribution in [0.2, 0.25) is 0 Å². The van der Waals surface area contributed by atoms with E-state index in [0.717, 1.165) is 22.7 Å². The van der Waals surface area contributed by atoms with Gasteiger partial charge in [0.25, 0.3) is 0 Å². The van der Waals surface area contributed by atoms with Crippen LogP contribution in [0.4, 0.5) is 5.69 Å². The highest BCUT2D eigenvalue weighted by atomic mass is 16.5. The Labute approximate surface area is 96.1 Å². The van der Waals surface area contributed by atoms with Gasteiger partial charge >= 0.3 is 0 Å². The van der Waals surface area contributed by atoms with E-state index in [1.165, 1.54) is 0 Å². The average molecular weight is 216 g/mol. The highest BCUT2D eigenvalue weighted by Crippen LogP contribution is 2.34. The molecule has 3 nitrogen and oxygen atoms in total. The molecule has 1 heterocycles. The van der Waals surface area contributed by atoms with Crippen LogP contribution in [0.5, 0.6) is 0 Å². The molecule has 0 unspecified atom stereocenters. The minimum Gasteiger partial charge on any atom is -0.477 e. The van der Waals surface area contributed by atoms with E-state index in [4.69, 9.17) is 4.74 Å². The molecule has 3 heteroatoms. The first-order valence-corrected chi connectivity index (χ1v) is 5.42. The summed E-state index contributed by atoms with van der Waals surface area (Å²) in [5.41, 5.74) is 3.18. The van der Waals surface area contributed by atoms with Crippen LogP contribution < -0.4 is 0 Å². The second-order valence-electron chi connectivity index (χ2n) is 3.87. The number of hydrogen-bond donors (Lipinski definition) is 0. The maximum Gasteiger partial charge on any atom is 0.223 e. The maximum absolute atomic E-state index is 5.55. The molecule has 0 radical (unpaired) electrons. The van der Waals surface area contributed by atoms with E-state index in [1.54, 1.807) is 0 Å². The predicted octanol–water partition coefficient (Wildman–Crippen LogP) is 2.67. The molecule has 1 aromatic rings. The molecular formula is C13H16N2O. The Hall–Kier alpha value is -1.77. The second kappa shape index (κ2) is 4.39. The van der Waals surface area contributed by atoms with Gasteiger partial charge < -0.3 is 9.64 Å². The van der Waals surface area contributed by atoms with Crippen LogP contribution in [0, 0.1) is 0 Å². The topological polar surface area (TPSA) is 24.8 Å². The molecule has 1 aliphatic heterocycles. The second-order valence-corrected chi connectivity index (χ2v) is 3.87. The fraction of sp³-hybridized carbons (Fsp3) is 0.308. The van der Waals surface area contributed by atoms with Crippen LogP contribution in [0.3, 0.4) is 0 Å². The molecule has 1 aromatic carbocycles. The van der Waals surface area contributed by atoms with Gasteiger partial charge in [0.2, 0.25) is 5.90 Å². The minimum absolute atomic E-state index is 0.636. The van der Waals surface area contributed by atoms with Crippen LogP contribution in [0.15, 0.2) is 35.5 Å². The molecule has 0 saturated heterocycles. The van der Waals surface area contributed by atoms with Crippen molar-refractivity contribution in [2.75, 3.05) is 20.7 Å². The molecule has 16 heavy (non-hydrogen) atoms. The number of hydrogen-bond acceptors (Lipinski definition) is 3. The van der Waals surface area contributed by atoms with E-state index in [2.05, 4.69) is 11.1 Å². The highest BCUT2D eigenvalue weighted by Gasteiger charge is 2.21. The highest BCUT2D eigenvalue weighted by molar-refractivity contribution is 6.25. The summed E-state index contributed by atoms with van der Waals surface area (Å²) in [4.78, 5) is 6.48. The van der Waals surface area contributed by atoms with Gasteiger partial charge in [-0.2, -0.15) is 0 Å². The van der Waals surface area contributed by atoms with E-state index in [1.807, 2.05) is 50.3 Å². The van der Waals surface area contributed by atoms with Crippen LogP contribution >= 0.6 is 0 Å². The number of para-hydroxylation sites is 1. The third-order valence-electron chi connectivity index (χ3n) is 2.31. The monoisotopic (exact) mass is 216 g/mol. The van der Waals surface area contributed by atoms with Gasteiger partial charge in [-0.05, 0) is 13.0 Å². The molecule has 0 N–H and O–H groups in total. The molecule has 84 valence electrons. The third-order valence-corrected chi connectivity index (χ3v) is 2.31. The largest absolute Gasteiger partial charge is 0.477 e. The fourth-order valence-electron chi connectivity index (χ4n) is 1.71. The summed E-state index contributed by atoms with van der Waals surface area (Å²) in [5, 5.41) is 0. The predicted molar refractivity (Wildman–Crippen MR) is 66.8 cm³/mol. The van der Waals surface area contributed by atoms with E-state index in [0.29, 0.717) is 6.61 Å². The summed E-state index contributed by atoms with van der Waals surface area (Å²) in [6.07, 6.45) is 2.04. The molecule has 0 atom stereocenters. The third kappa shape index (κ3) is 1.94. The van der Waals surface area contributed by atoms with Gasteiger partial charge in [-0.3, -0.25) is 0 Å². The molecule has 0 fully saturated rings. The zero-order chi connectivity index (χ0) is 11.5. The van der Waals surface area contributed by atoms with Crippen molar-refractivity contribution in [1.29, 1.82) is 0 Å². The van der Waals surface area contributed by atoms with Crippen molar-refractivity contribution in [3.63, 3.8) is 0 Å². The molecule has 0 aliphatic carbocycles. The van der Waals surface area contributed by atoms with E-state index in [9.17, 15) is 0 Å². The SMILES string of the molecule is CCOC1=Nc2ccccc2/C1=C\N(C)C. The minimum atomic E-state index is 0.636. The van der Waals surface area contributed by atoms with Crippen molar-refractivity contribution in [3.05, 3.63) is 36.0 Å². The lowest BCUT2D eigenvalue weighted by atomic mass is 10.1. The van der Waals surface area contributed by atoms with Crippen molar-refractivity contribution in [2.24, 2.45) is 4.99 Å². The Morgan fingerprint density at radius 3 is 2.75 bits per heavy atom. The zero-order valence-electron chi connectivity index (χ0n) is 9.90. The molecule has 0 spiro atoms. The van der Waals surface area contributed by atoms with Crippen LogP contribution in [0.25, 0.3) is 5.57 Å². The molecule has 0 bridgehead atoms. The van der Waals surface area contributed by atoms with Crippen LogP contribution in [-0.4, -0.2) is 31.5 Å². The van der Waals surface area contributed by atoms with Gasteiger partial charge in [0.1, 0.15) is 0 Å². The number of aliphatic imine (C=N–C) groups is 1. The lowest BCUT2D eigenvalue weighted by Gasteiger charge is -2.10. The lowest BCUT2D eigenvalue weighted by molar-refractivity contribution is 0.332. The van der Waals surface area contributed by atoms with Crippen molar-refractivity contribution in [3.8, 4) is 0 Å². The van der Waals surface area contributed by atoms with Crippen molar-refractivity contribution in [1.82, 2.24) is 4.90 Å². The Kier molecular flexibility index (Phi) is 2.95. The summed E-state index contributed by atoms with van der Waals surface area (Å²) >= 11 is 0. The Bertz CT molecular complexity index is 447. The molecule has 1 aliphatic rings. The van der Waals surface area contributed by atoms with E-state index >= 15 is 0 Å². The molecular weight excluding hydrogens is 200 g/mol. The van der Waals surface area contributed by atoms with Crippen molar-refractivity contribution in [2.45, 2.75) is 6.92 Å². The maximum atomic E-state index is 5.55. The smallest absolute Gasteiger partial charge is 0.223 e. The summed E-state index contributed by atoms with van der Waals surface area (Å²) < 4.78 is 5.55. The number of fused-ring (bicyclic) bond motifs is 1. The standard InChI is InChI=1S/C13H16N2O/c1-4-16-13-11(9-15(2)3)10-7-5-6-8-12(10)14-13/h5-9H,4H2,1-3H3/b11-9+. The summed E-state index contributed by atoms with van der Waals surface area (Å²) in [5.74, 6) is 0.720. The molecule has 2 rings (SSSR count). The van der Waals surface area contributed by atoms with Gasteiger partial charge in [-0.1, -0.05) is 18.2 Å². The van der Waals surface area contributed by atoms with Gasteiger partial charge in [0.05, 0.1) is 17.9 Å². The normalized spacial score (nSPS) is 15.9.